The highest BCUT2D eigenvalue weighted by Gasteiger charge is 2.26. The standard InChI is InChI=1S/C18H20N6O3/c1-22-14(10-15(25)23(2)18(22)26)24-9-8-13(11-24)19-17-20-16(27-21-17)12-6-4-3-5-7-12/h3-7,10,13H,8-9,11H2,1-2H3,(H,19,21)/t13-/m0/s1. The number of nitrogens with zero attached hydrogens (tertiary/aromatic N) is 5. The van der Waals surface area contributed by atoms with E-state index in [9.17, 15) is 9.59 Å². The first-order valence-electron chi connectivity index (χ1n) is 8.70. The van der Waals surface area contributed by atoms with Gasteiger partial charge < -0.3 is 14.7 Å². The normalized spacial score (nSPS) is 16.7. The minimum Gasteiger partial charge on any atom is -0.356 e. The first-order valence-corrected chi connectivity index (χ1v) is 8.70. The molecule has 1 fully saturated rings. The lowest BCUT2D eigenvalue weighted by atomic mass is 10.2. The van der Waals surface area contributed by atoms with Crippen LogP contribution in [-0.2, 0) is 14.1 Å². The number of hydrogen-bond acceptors (Lipinski definition) is 7. The number of anilines is 2. The van der Waals surface area contributed by atoms with E-state index in [1.807, 2.05) is 35.2 Å². The first-order chi connectivity index (χ1) is 13.0. The van der Waals surface area contributed by atoms with Crippen LogP contribution in [-0.4, -0.2) is 38.4 Å². The molecule has 1 aliphatic heterocycles. The fourth-order valence-electron chi connectivity index (χ4n) is 3.27. The predicted octanol–water partition coefficient (Wildman–Crippen LogP) is 0.825. The van der Waals surface area contributed by atoms with Gasteiger partial charge in [-0.1, -0.05) is 18.2 Å². The fourth-order valence-corrected chi connectivity index (χ4v) is 3.27. The Kier molecular flexibility index (Phi) is 4.27. The summed E-state index contributed by atoms with van der Waals surface area (Å²) in [6, 6.07) is 11.1. The summed E-state index contributed by atoms with van der Waals surface area (Å²) in [6.45, 7) is 1.36. The van der Waals surface area contributed by atoms with Gasteiger partial charge in [-0.2, -0.15) is 4.98 Å². The Morgan fingerprint density at radius 1 is 1.15 bits per heavy atom. The number of rotatable bonds is 4. The van der Waals surface area contributed by atoms with Crippen LogP contribution in [0.5, 0.6) is 0 Å². The van der Waals surface area contributed by atoms with Crippen LogP contribution >= 0.6 is 0 Å². The van der Waals surface area contributed by atoms with Crippen LogP contribution in [0.4, 0.5) is 11.8 Å². The molecule has 2 aromatic heterocycles. The van der Waals surface area contributed by atoms with Crippen molar-refractivity contribution in [3.8, 4) is 11.5 Å². The van der Waals surface area contributed by atoms with Gasteiger partial charge >= 0.3 is 5.69 Å². The maximum atomic E-state index is 12.1. The number of benzene rings is 1. The van der Waals surface area contributed by atoms with Crippen molar-refractivity contribution < 1.29 is 4.52 Å². The average molecular weight is 368 g/mol. The van der Waals surface area contributed by atoms with E-state index in [0.717, 1.165) is 23.1 Å². The largest absolute Gasteiger partial charge is 0.356 e. The molecule has 1 aliphatic rings. The molecule has 1 aromatic carbocycles. The molecule has 0 unspecified atom stereocenters. The van der Waals surface area contributed by atoms with Crippen molar-refractivity contribution in [3.05, 3.63) is 57.2 Å². The molecule has 0 radical (unpaired) electrons. The molecule has 0 aliphatic carbocycles. The van der Waals surface area contributed by atoms with Gasteiger partial charge in [0.15, 0.2) is 0 Å². The van der Waals surface area contributed by atoms with Crippen LogP contribution in [0.15, 0.2) is 50.5 Å². The summed E-state index contributed by atoms with van der Waals surface area (Å²) in [6.07, 6.45) is 0.832. The van der Waals surface area contributed by atoms with Crippen molar-refractivity contribution in [3.63, 3.8) is 0 Å². The Bertz CT molecular complexity index is 1070. The minimum atomic E-state index is -0.334. The average Bonchev–Trinajstić information content (AvgIpc) is 3.34. The molecule has 3 aromatic rings. The van der Waals surface area contributed by atoms with Gasteiger partial charge in [0, 0.05) is 44.9 Å². The summed E-state index contributed by atoms with van der Waals surface area (Å²) in [5.41, 5.74) is 0.219. The quantitative estimate of drug-likeness (QED) is 0.728. The lowest BCUT2D eigenvalue weighted by Gasteiger charge is -2.21. The summed E-state index contributed by atoms with van der Waals surface area (Å²) in [5, 5.41) is 7.25. The molecule has 0 spiro atoms. The molecule has 27 heavy (non-hydrogen) atoms. The molecule has 3 heterocycles. The third-order valence-electron chi connectivity index (χ3n) is 4.79. The molecule has 1 atom stereocenters. The van der Waals surface area contributed by atoms with E-state index < -0.39 is 0 Å². The lowest BCUT2D eigenvalue weighted by Crippen LogP contribution is -2.40. The molecule has 0 amide bonds. The first kappa shape index (κ1) is 17.1. The third-order valence-corrected chi connectivity index (χ3v) is 4.79. The second kappa shape index (κ2) is 6.75. The van der Waals surface area contributed by atoms with Gasteiger partial charge in [-0.15, -0.1) is 0 Å². The zero-order chi connectivity index (χ0) is 19.0. The molecule has 9 heteroatoms. The SMILES string of the molecule is Cn1c(N2CC[C@H](Nc3noc(-c4ccccc4)n3)C2)cc(=O)n(C)c1=O. The monoisotopic (exact) mass is 368 g/mol. The Morgan fingerprint density at radius 2 is 1.93 bits per heavy atom. The van der Waals surface area contributed by atoms with Crippen molar-refractivity contribution in [2.75, 3.05) is 23.3 Å². The van der Waals surface area contributed by atoms with E-state index in [0.29, 0.717) is 24.2 Å². The zero-order valence-corrected chi connectivity index (χ0v) is 15.1. The summed E-state index contributed by atoms with van der Waals surface area (Å²) < 4.78 is 7.90. The summed E-state index contributed by atoms with van der Waals surface area (Å²) >= 11 is 0. The molecule has 4 rings (SSSR count). The van der Waals surface area contributed by atoms with Crippen molar-refractivity contribution >= 4 is 11.8 Å². The topological polar surface area (TPSA) is 98.2 Å². The van der Waals surface area contributed by atoms with E-state index >= 15 is 0 Å². The molecule has 0 bridgehead atoms. The molecule has 0 saturated carbocycles. The van der Waals surface area contributed by atoms with Crippen LogP contribution in [0.3, 0.4) is 0 Å². The highest BCUT2D eigenvalue weighted by Crippen LogP contribution is 2.22. The van der Waals surface area contributed by atoms with Crippen LogP contribution in [0.1, 0.15) is 6.42 Å². The van der Waals surface area contributed by atoms with E-state index in [1.54, 1.807) is 7.05 Å². The van der Waals surface area contributed by atoms with E-state index in [2.05, 4.69) is 15.5 Å². The highest BCUT2D eigenvalue weighted by atomic mass is 16.5. The zero-order valence-electron chi connectivity index (χ0n) is 15.1. The number of hydrogen-bond donors (Lipinski definition) is 1. The maximum Gasteiger partial charge on any atom is 0.332 e. The Labute approximate surface area is 154 Å². The smallest absolute Gasteiger partial charge is 0.332 e. The van der Waals surface area contributed by atoms with Crippen LogP contribution < -0.4 is 21.5 Å². The van der Waals surface area contributed by atoms with Gasteiger partial charge in [-0.3, -0.25) is 13.9 Å². The molecule has 1 saturated heterocycles. The molecule has 9 nitrogen and oxygen atoms in total. The minimum absolute atomic E-state index is 0.0883. The Balaban J connectivity index is 1.48. The van der Waals surface area contributed by atoms with Crippen LogP contribution in [0, 0.1) is 0 Å². The highest BCUT2D eigenvalue weighted by molar-refractivity contribution is 5.54. The van der Waals surface area contributed by atoms with Gasteiger partial charge in [0.2, 0.25) is 0 Å². The van der Waals surface area contributed by atoms with E-state index in [4.69, 9.17) is 4.52 Å². The Morgan fingerprint density at radius 3 is 2.70 bits per heavy atom. The molecule has 1 N–H and O–H groups in total. The molecule has 140 valence electrons. The molecular weight excluding hydrogens is 348 g/mol. The number of aromatic nitrogens is 4. The van der Waals surface area contributed by atoms with Crippen molar-refractivity contribution in [1.82, 2.24) is 19.3 Å². The molecular formula is C18H20N6O3. The van der Waals surface area contributed by atoms with Crippen molar-refractivity contribution in [2.24, 2.45) is 14.1 Å². The summed E-state index contributed by atoms with van der Waals surface area (Å²) in [4.78, 5) is 30.5. The van der Waals surface area contributed by atoms with Gasteiger partial charge in [-0.05, 0) is 23.7 Å². The van der Waals surface area contributed by atoms with Crippen molar-refractivity contribution in [1.29, 1.82) is 0 Å². The summed E-state index contributed by atoms with van der Waals surface area (Å²) in [7, 11) is 3.15. The van der Waals surface area contributed by atoms with Crippen molar-refractivity contribution in [2.45, 2.75) is 12.5 Å². The summed E-state index contributed by atoms with van der Waals surface area (Å²) in [5.74, 6) is 1.51. The Hall–Kier alpha value is -3.36. The van der Waals surface area contributed by atoms with E-state index in [1.165, 1.54) is 17.7 Å². The van der Waals surface area contributed by atoms with Crippen LogP contribution in [0.2, 0.25) is 0 Å². The third kappa shape index (κ3) is 3.23. The second-order valence-electron chi connectivity index (χ2n) is 6.61. The lowest BCUT2D eigenvalue weighted by molar-refractivity contribution is 0.431. The van der Waals surface area contributed by atoms with Gasteiger partial charge in [0.1, 0.15) is 5.82 Å². The fraction of sp³-hybridized carbons (Fsp3) is 0.333. The van der Waals surface area contributed by atoms with Gasteiger partial charge in [-0.25, -0.2) is 4.79 Å². The maximum absolute atomic E-state index is 12.1. The van der Waals surface area contributed by atoms with Gasteiger partial charge in [0.05, 0.1) is 0 Å². The van der Waals surface area contributed by atoms with Gasteiger partial charge in [0.25, 0.3) is 17.4 Å². The number of nitrogens with one attached hydrogen (secondary N) is 1. The van der Waals surface area contributed by atoms with Crippen LogP contribution in [0.25, 0.3) is 11.5 Å². The predicted molar refractivity (Wildman–Crippen MR) is 101 cm³/mol. The second-order valence-corrected chi connectivity index (χ2v) is 6.61. The van der Waals surface area contributed by atoms with E-state index in [-0.39, 0.29) is 17.3 Å².